The zero-order valence-corrected chi connectivity index (χ0v) is 13.8. The summed E-state index contributed by atoms with van der Waals surface area (Å²) in [6.45, 7) is 0.149. The Hall–Kier alpha value is -3.29. The van der Waals surface area contributed by atoms with Crippen LogP contribution in [0.3, 0.4) is 0 Å². The van der Waals surface area contributed by atoms with Gasteiger partial charge >= 0.3 is 5.97 Å². The van der Waals surface area contributed by atoms with Gasteiger partial charge < -0.3 is 5.11 Å². The second kappa shape index (κ2) is 6.91. The van der Waals surface area contributed by atoms with Gasteiger partial charge in [0.1, 0.15) is 0 Å². The number of benzene rings is 2. The normalized spacial score (nSPS) is 13.3. The lowest BCUT2D eigenvalue weighted by Gasteiger charge is -2.27. The minimum atomic E-state index is -0.886. The van der Waals surface area contributed by atoms with Gasteiger partial charge in [0, 0.05) is 36.0 Å². The van der Waals surface area contributed by atoms with E-state index < -0.39 is 22.7 Å². The van der Waals surface area contributed by atoms with Crippen molar-refractivity contribution in [1.29, 1.82) is 0 Å². The predicted octanol–water partition coefficient (Wildman–Crippen LogP) is 2.99. The maximum atomic E-state index is 12.7. The first-order valence-electron chi connectivity index (χ1n) is 8.19. The number of hydrogen-bond donors (Lipinski definition) is 1. The summed E-state index contributed by atoms with van der Waals surface area (Å²) in [6.07, 6.45) is 1.54. The number of non-ortho nitro benzene ring substituents is 1. The molecule has 134 valence electrons. The number of aliphatic carboxylic acids is 1. The first-order chi connectivity index (χ1) is 12.4. The molecule has 1 aliphatic rings. The molecule has 1 N–H and O–H groups in total. The van der Waals surface area contributed by atoms with Gasteiger partial charge in [-0.3, -0.25) is 29.4 Å². The Morgan fingerprint density at radius 1 is 1.08 bits per heavy atom. The molecule has 0 bridgehead atoms. The average Bonchev–Trinajstić information content (AvgIpc) is 2.61. The highest BCUT2D eigenvalue weighted by molar-refractivity contribution is 6.25. The molecule has 0 saturated heterocycles. The van der Waals surface area contributed by atoms with Crippen molar-refractivity contribution in [2.24, 2.45) is 0 Å². The van der Waals surface area contributed by atoms with Crippen molar-refractivity contribution >= 4 is 34.2 Å². The largest absolute Gasteiger partial charge is 0.481 e. The van der Waals surface area contributed by atoms with E-state index in [-0.39, 0.29) is 24.2 Å². The minimum Gasteiger partial charge on any atom is -0.481 e. The first kappa shape index (κ1) is 17.5. The summed E-state index contributed by atoms with van der Waals surface area (Å²) in [5, 5.41) is 20.7. The Balaban J connectivity index is 1.90. The van der Waals surface area contributed by atoms with E-state index in [0.717, 1.165) is 4.90 Å². The predicted molar refractivity (Wildman–Crippen MR) is 92.1 cm³/mol. The van der Waals surface area contributed by atoms with Gasteiger partial charge in [0.25, 0.3) is 17.5 Å². The fraction of sp³-hybridized carbons (Fsp3) is 0.278. The Kier molecular flexibility index (Phi) is 4.66. The SMILES string of the molecule is O=C(O)CCCCCN1C(=O)c2cccc3cc([N+](=O)[O-])cc(c23)C1=O. The molecule has 0 saturated carbocycles. The van der Waals surface area contributed by atoms with E-state index >= 15 is 0 Å². The number of hydrogen-bond acceptors (Lipinski definition) is 5. The summed E-state index contributed by atoms with van der Waals surface area (Å²) in [7, 11) is 0. The third-order valence-electron chi connectivity index (χ3n) is 4.40. The van der Waals surface area contributed by atoms with Crippen molar-refractivity contribution in [1.82, 2.24) is 4.90 Å². The van der Waals surface area contributed by atoms with Gasteiger partial charge in [-0.15, -0.1) is 0 Å². The molecular formula is C18H16N2O6. The fourth-order valence-corrected chi connectivity index (χ4v) is 3.17. The molecule has 0 radical (unpaired) electrons. The summed E-state index contributed by atoms with van der Waals surface area (Å²) >= 11 is 0. The van der Waals surface area contributed by atoms with Gasteiger partial charge in [-0.1, -0.05) is 18.6 Å². The van der Waals surface area contributed by atoms with Crippen LogP contribution in [0.2, 0.25) is 0 Å². The maximum Gasteiger partial charge on any atom is 0.303 e. The molecular weight excluding hydrogens is 340 g/mol. The van der Waals surface area contributed by atoms with E-state index in [4.69, 9.17) is 5.11 Å². The number of nitro benzene ring substituents is 1. The number of rotatable bonds is 7. The van der Waals surface area contributed by atoms with Gasteiger partial charge in [0.15, 0.2) is 0 Å². The van der Waals surface area contributed by atoms with Crippen molar-refractivity contribution < 1.29 is 24.4 Å². The Bertz CT molecular complexity index is 937. The first-order valence-corrected chi connectivity index (χ1v) is 8.19. The summed E-state index contributed by atoms with van der Waals surface area (Å²) < 4.78 is 0. The summed E-state index contributed by atoms with van der Waals surface area (Å²) in [5.74, 6) is -1.87. The second-order valence-corrected chi connectivity index (χ2v) is 6.12. The van der Waals surface area contributed by atoms with E-state index in [1.54, 1.807) is 18.2 Å². The zero-order chi connectivity index (χ0) is 18.8. The number of nitro groups is 1. The Morgan fingerprint density at radius 3 is 2.50 bits per heavy atom. The highest BCUT2D eigenvalue weighted by Gasteiger charge is 2.33. The molecule has 8 nitrogen and oxygen atoms in total. The van der Waals surface area contributed by atoms with Crippen LogP contribution >= 0.6 is 0 Å². The van der Waals surface area contributed by atoms with Crippen LogP contribution in [0.25, 0.3) is 10.8 Å². The molecule has 2 aromatic rings. The van der Waals surface area contributed by atoms with Gasteiger partial charge in [0.05, 0.1) is 10.5 Å². The molecule has 0 spiro atoms. The highest BCUT2D eigenvalue weighted by atomic mass is 16.6. The summed E-state index contributed by atoms with van der Waals surface area (Å²) in [4.78, 5) is 47.6. The van der Waals surface area contributed by atoms with Crippen molar-refractivity contribution in [2.75, 3.05) is 6.54 Å². The van der Waals surface area contributed by atoms with E-state index in [1.165, 1.54) is 12.1 Å². The van der Waals surface area contributed by atoms with Crippen LogP contribution < -0.4 is 0 Å². The second-order valence-electron chi connectivity index (χ2n) is 6.12. The molecule has 26 heavy (non-hydrogen) atoms. The lowest BCUT2D eigenvalue weighted by molar-refractivity contribution is -0.384. The lowest BCUT2D eigenvalue weighted by Crippen LogP contribution is -2.40. The van der Waals surface area contributed by atoms with Gasteiger partial charge in [-0.25, -0.2) is 0 Å². The molecule has 0 unspecified atom stereocenters. The van der Waals surface area contributed by atoms with Gasteiger partial charge in [0.2, 0.25) is 0 Å². The zero-order valence-electron chi connectivity index (χ0n) is 13.8. The van der Waals surface area contributed by atoms with Crippen LogP contribution in [0.1, 0.15) is 46.4 Å². The number of carboxylic acid groups (broad SMARTS) is 1. The van der Waals surface area contributed by atoms with Gasteiger partial charge in [-0.2, -0.15) is 0 Å². The maximum absolute atomic E-state index is 12.7. The topological polar surface area (TPSA) is 118 Å². The number of imide groups is 1. The molecule has 0 aliphatic carbocycles. The van der Waals surface area contributed by atoms with Crippen LogP contribution in [0, 0.1) is 10.1 Å². The quantitative estimate of drug-likeness (QED) is 0.353. The Labute approximate surface area is 148 Å². The monoisotopic (exact) mass is 356 g/mol. The molecule has 2 amide bonds. The third-order valence-corrected chi connectivity index (χ3v) is 4.40. The van der Waals surface area contributed by atoms with Crippen LogP contribution in [0.4, 0.5) is 5.69 Å². The number of nitrogens with zero attached hydrogens (tertiary/aromatic N) is 2. The van der Waals surface area contributed by atoms with E-state index in [0.29, 0.717) is 35.6 Å². The summed E-state index contributed by atoms with van der Waals surface area (Å²) in [5.41, 5.74) is 0.293. The van der Waals surface area contributed by atoms with Crippen molar-refractivity contribution in [2.45, 2.75) is 25.7 Å². The standard InChI is InChI=1S/C18H16N2O6/c21-15(22)7-2-1-3-8-19-17(23)13-6-4-5-11-9-12(20(25)26)10-14(16(11)13)18(19)24/h4-6,9-10H,1-3,7-8H2,(H,21,22). The van der Waals surface area contributed by atoms with E-state index in [1.807, 2.05) is 0 Å². The van der Waals surface area contributed by atoms with Crippen LogP contribution in [0.5, 0.6) is 0 Å². The van der Waals surface area contributed by atoms with E-state index in [9.17, 15) is 24.5 Å². The number of carboxylic acids is 1. The van der Waals surface area contributed by atoms with Crippen LogP contribution in [0.15, 0.2) is 30.3 Å². The van der Waals surface area contributed by atoms with Crippen LogP contribution in [-0.2, 0) is 4.79 Å². The number of amides is 2. The van der Waals surface area contributed by atoms with Gasteiger partial charge in [-0.05, 0) is 24.3 Å². The fourth-order valence-electron chi connectivity index (χ4n) is 3.17. The molecule has 0 fully saturated rings. The number of carbonyl (C=O) groups is 3. The molecule has 3 rings (SSSR count). The molecule has 0 aromatic heterocycles. The summed E-state index contributed by atoms with van der Waals surface area (Å²) in [6, 6.07) is 7.42. The minimum absolute atomic E-state index is 0.0379. The van der Waals surface area contributed by atoms with Crippen molar-refractivity contribution in [3.63, 3.8) is 0 Å². The molecule has 1 heterocycles. The third kappa shape index (κ3) is 3.13. The molecule has 0 atom stereocenters. The van der Waals surface area contributed by atoms with Crippen molar-refractivity contribution in [3.05, 3.63) is 51.6 Å². The van der Waals surface area contributed by atoms with Crippen molar-refractivity contribution in [3.8, 4) is 0 Å². The average molecular weight is 356 g/mol. The lowest BCUT2D eigenvalue weighted by atomic mass is 9.93. The number of unbranched alkanes of at least 4 members (excludes halogenated alkanes) is 2. The molecule has 2 aromatic carbocycles. The highest BCUT2D eigenvalue weighted by Crippen LogP contribution is 2.33. The molecule has 8 heteroatoms. The molecule has 1 aliphatic heterocycles. The van der Waals surface area contributed by atoms with E-state index in [2.05, 4.69) is 0 Å². The smallest absolute Gasteiger partial charge is 0.303 e. The Morgan fingerprint density at radius 2 is 1.81 bits per heavy atom. The number of carbonyl (C=O) groups excluding carboxylic acids is 2. The van der Waals surface area contributed by atoms with Crippen LogP contribution in [-0.4, -0.2) is 39.3 Å².